The number of benzene rings is 2. The second-order valence-corrected chi connectivity index (χ2v) is 7.87. The zero-order valence-electron chi connectivity index (χ0n) is 14.4. The standard InChI is InChI=1S/C19H22NO4P/c1-3-23-25(22,24-4-2)18-17(15-11-7-5-8-12-15)20(19(18)21)16-13-9-6-10-14-16/h5-14,17-18H,3-4H2,1-2H3. The van der Waals surface area contributed by atoms with E-state index in [1.807, 2.05) is 60.7 Å². The number of hydrogen-bond acceptors (Lipinski definition) is 4. The molecule has 0 saturated carbocycles. The highest BCUT2D eigenvalue weighted by Gasteiger charge is 2.59. The summed E-state index contributed by atoms with van der Waals surface area (Å²) in [5.74, 6) is -0.231. The Labute approximate surface area is 148 Å². The van der Waals surface area contributed by atoms with E-state index in [-0.39, 0.29) is 25.2 Å². The van der Waals surface area contributed by atoms with Gasteiger partial charge in [0, 0.05) is 5.69 Å². The average molecular weight is 359 g/mol. The summed E-state index contributed by atoms with van der Waals surface area (Å²) in [5, 5.41) is 0. The van der Waals surface area contributed by atoms with E-state index in [4.69, 9.17) is 9.05 Å². The van der Waals surface area contributed by atoms with Crippen LogP contribution in [0.5, 0.6) is 0 Å². The minimum Gasteiger partial charge on any atom is -0.308 e. The second-order valence-electron chi connectivity index (χ2n) is 5.72. The van der Waals surface area contributed by atoms with Gasteiger partial charge in [-0.25, -0.2) is 0 Å². The summed E-state index contributed by atoms with van der Waals surface area (Å²) in [6.07, 6.45) is 0. The zero-order valence-corrected chi connectivity index (χ0v) is 15.3. The van der Waals surface area contributed by atoms with Crippen LogP contribution in [0.15, 0.2) is 60.7 Å². The number of nitrogens with zero attached hydrogens (tertiary/aromatic N) is 1. The summed E-state index contributed by atoms with van der Waals surface area (Å²) in [7, 11) is -3.55. The van der Waals surface area contributed by atoms with Crippen molar-refractivity contribution in [2.24, 2.45) is 0 Å². The predicted octanol–water partition coefficient (Wildman–Crippen LogP) is 4.41. The average Bonchev–Trinajstić information content (AvgIpc) is 2.61. The first-order valence-electron chi connectivity index (χ1n) is 8.44. The van der Waals surface area contributed by atoms with Crippen molar-refractivity contribution in [3.05, 3.63) is 66.2 Å². The van der Waals surface area contributed by atoms with Crippen molar-refractivity contribution < 1.29 is 18.4 Å². The Kier molecular flexibility index (Phi) is 5.38. The highest BCUT2D eigenvalue weighted by atomic mass is 31.2. The zero-order chi connectivity index (χ0) is 17.9. The van der Waals surface area contributed by atoms with E-state index in [2.05, 4.69) is 0 Å². The largest absolute Gasteiger partial charge is 0.345 e. The summed E-state index contributed by atoms with van der Waals surface area (Å²) in [6.45, 7) is 3.96. The van der Waals surface area contributed by atoms with Gasteiger partial charge in [-0.1, -0.05) is 48.5 Å². The molecule has 0 bridgehead atoms. The van der Waals surface area contributed by atoms with Crippen molar-refractivity contribution in [3.8, 4) is 0 Å². The van der Waals surface area contributed by atoms with Crippen LogP contribution in [0, 0.1) is 0 Å². The molecule has 6 heteroatoms. The van der Waals surface area contributed by atoms with Gasteiger partial charge in [0.2, 0.25) is 5.91 Å². The van der Waals surface area contributed by atoms with E-state index in [0.717, 1.165) is 11.3 Å². The molecule has 2 aromatic carbocycles. The van der Waals surface area contributed by atoms with Gasteiger partial charge in [-0.2, -0.15) is 0 Å². The molecule has 1 fully saturated rings. The molecule has 25 heavy (non-hydrogen) atoms. The molecule has 2 unspecified atom stereocenters. The predicted molar refractivity (Wildman–Crippen MR) is 97.8 cm³/mol. The third-order valence-corrected chi connectivity index (χ3v) is 6.62. The van der Waals surface area contributed by atoms with Crippen molar-refractivity contribution in [1.29, 1.82) is 0 Å². The molecule has 0 N–H and O–H groups in total. The Morgan fingerprint density at radius 1 is 0.920 bits per heavy atom. The van der Waals surface area contributed by atoms with Crippen LogP contribution in [0.1, 0.15) is 25.5 Å². The van der Waals surface area contributed by atoms with Gasteiger partial charge in [-0.05, 0) is 31.5 Å². The Morgan fingerprint density at radius 2 is 1.44 bits per heavy atom. The smallest absolute Gasteiger partial charge is 0.308 e. The van der Waals surface area contributed by atoms with Crippen LogP contribution in [-0.2, 0) is 18.4 Å². The van der Waals surface area contributed by atoms with E-state index >= 15 is 0 Å². The molecule has 1 heterocycles. The van der Waals surface area contributed by atoms with Gasteiger partial charge >= 0.3 is 7.60 Å². The maximum absolute atomic E-state index is 13.3. The van der Waals surface area contributed by atoms with Crippen molar-refractivity contribution in [2.75, 3.05) is 18.1 Å². The summed E-state index contributed by atoms with van der Waals surface area (Å²) in [6, 6.07) is 18.6. The Balaban J connectivity index is 2.03. The SMILES string of the molecule is CCOP(=O)(OCC)C1C(=O)N(c2ccccc2)C1c1ccccc1. The highest BCUT2D eigenvalue weighted by molar-refractivity contribution is 7.56. The molecule has 132 valence electrons. The molecule has 0 aliphatic carbocycles. The van der Waals surface area contributed by atoms with Gasteiger partial charge in [0.05, 0.1) is 19.3 Å². The van der Waals surface area contributed by atoms with E-state index in [1.165, 1.54) is 0 Å². The minimum absolute atomic E-state index is 0.230. The van der Waals surface area contributed by atoms with E-state index in [9.17, 15) is 9.36 Å². The summed E-state index contributed by atoms with van der Waals surface area (Å²) in [4.78, 5) is 14.6. The van der Waals surface area contributed by atoms with Crippen LogP contribution < -0.4 is 4.90 Å². The van der Waals surface area contributed by atoms with Crippen LogP contribution in [0.25, 0.3) is 0 Å². The van der Waals surface area contributed by atoms with Gasteiger partial charge in [-0.15, -0.1) is 0 Å². The van der Waals surface area contributed by atoms with E-state index in [0.29, 0.717) is 0 Å². The molecule has 3 rings (SSSR count). The maximum Gasteiger partial charge on any atom is 0.345 e. The second kappa shape index (κ2) is 7.52. The summed E-state index contributed by atoms with van der Waals surface area (Å²) in [5.41, 5.74) is 0.864. The van der Waals surface area contributed by atoms with Crippen molar-refractivity contribution in [1.82, 2.24) is 0 Å². The van der Waals surface area contributed by atoms with Gasteiger partial charge < -0.3 is 13.9 Å². The molecule has 1 aliphatic rings. The fourth-order valence-corrected chi connectivity index (χ4v) is 5.36. The summed E-state index contributed by atoms with van der Waals surface area (Å²) < 4.78 is 24.2. The Morgan fingerprint density at radius 3 is 1.96 bits per heavy atom. The van der Waals surface area contributed by atoms with Gasteiger partial charge in [0.1, 0.15) is 0 Å². The number of para-hydroxylation sites is 1. The van der Waals surface area contributed by atoms with Crippen molar-refractivity contribution in [3.63, 3.8) is 0 Å². The molecule has 2 atom stereocenters. The molecule has 5 nitrogen and oxygen atoms in total. The third-order valence-electron chi connectivity index (χ3n) is 4.20. The van der Waals surface area contributed by atoms with Crippen LogP contribution >= 0.6 is 7.60 Å². The number of rotatable bonds is 7. The number of hydrogen-bond donors (Lipinski definition) is 0. The van der Waals surface area contributed by atoms with Gasteiger partial charge in [-0.3, -0.25) is 9.36 Å². The fourth-order valence-electron chi connectivity index (χ4n) is 3.20. The Hall–Kier alpha value is -1.94. The number of carbonyl (C=O) groups excluding carboxylic acids is 1. The van der Waals surface area contributed by atoms with Crippen LogP contribution in [0.3, 0.4) is 0 Å². The van der Waals surface area contributed by atoms with Crippen molar-refractivity contribution >= 4 is 19.2 Å². The monoisotopic (exact) mass is 359 g/mol. The first-order valence-corrected chi connectivity index (χ1v) is 10.1. The minimum atomic E-state index is -3.55. The lowest BCUT2D eigenvalue weighted by Crippen LogP contribution is -2.59. The van der Waals surface area contributed by atoms with Gasteiger partial charge in [0.25, 0.3) is 0 Å². The molecule has 1 aliphatic heterocycles. The molecule has 1 saturated heterocycles. The molecule has 2 aromatic rings. The lowest BCUT2D eigenvalue weighted by molar-refractivity contribution is -0.124. The topological polar surface area (TPSA) is 55.8 Å². The third kappa shape index (κ3) is 3.28. The molecule has 0 spiro atoms. The van der Waals surface area contributed by atoms with Crippen LogP contribution in [0.4, 0.5) is 5.69 Å². The molecule has 1 amide bonds. The number of amides is 1. The van der Waals surface area contributed by atoms with E-state index < -0.39 is 13.3 Å². The van der Waals surface area contributed by atoms with E-state index in [1.54, 1.807) is 18.7 Å². The number of carbonyl (C=O) groups is 1. The fraction of sp³-hybridized carbons (Fsp3) is 0.316. The molecular formula is C19H22NO4P. The first kappa shape index (κ1) is 17.9. The van der Waals surface area contributed by atoms with Gasteiger partial charge in [0.15, 0.2) is 5.66 Å². The quantitative estimate of drug-likeness (QED) is 0.543. The molecular weight excluding hydrogens is 337 g/mol. The van der Waals surface area contributed by atoms with Crippen LogP contribution in [0.2, 0.25) is 0 Å². The number of β-lactam (4-membered cyclic amide) rings is 1. The number of anilines is 1. The van der Waals surface area contributed by atoms with Crippen molar-refractivity contribution in [2.45, 2.75) is 25.5 Å². The molecule has 0 radical (unpaired) electrons. The lowest BCUT2D eigenvalue weighted by atomic mass is 9.92. The normalized spacial score (nSPS) is 20.4. The highest BCUT2D eigenvalue weighted by Crippen LogP contribution is 2.63. The Bertz CT molecular complexity index is 756. The lowest BCUT2D eigenvalue weighted by Gasteiger charge is -2.48. The maximum atomic E-state index is 13.3. The van der Waals surface area contributed by atoms with Crippen LogP contribution in [-0.4, -0.2) is 24.8 Å². The molecule has 0 aromatic heterocycles. The summed E-state index contributed by atoms with van der Waals surface area (Å²) >= 11 is 0. The first-order chi connectivity index (χ1) is 12.1.